The van der Waals surface area contributed by atoms with Crippen molar-refractivity contribution >= 4 is 35.7 Å². The lowest BCUT2D eigenvalue weighted by Gasteiger charge is -2.28. The van der Waals surface area contributed by atoms with E-state index in [2.05, 4.69) is 27.2 Å². The summed E-state index contributed by atoms with van der Waals surface area (Å²) >= 11 is 6.45. The van der Waals surface area contributed by atoms with E-state index in [1.165, 1.54) is 20.4 Å². The van der Waals surface area contributed by atoms with Crippen molar-refractivity contribution in [3.8, 4) is 29.1 Å². The summed E-state index contributed by atoms with van der Waals surface area (Å²) in [7, 11) is 2.90. The number of carbonyl (C=O) groups is 3. The maximum Gasteiger partial charge on any atom is 0.338 e. The van der Waals surface area contributed by atoms with E-state index in [1.54, 1.807) is 68.4 Å². The molecule has 3 aromatic rings. The second-order valence-electron chi connectivity index (χ2n) is 9.91. The summed E-state index contributed by atoms with van der Waals surface area (Å²) in [5.41, 5.74) is 5.48. The topological polar surface area (TPSA) is 170 Å². The Morgan fingerprint density at radius 2 is 1.79 bits per heavy atom. The molecule has 0 saturated heterocycles. The van der Waals surface area contributed by atoms with Gasteiger partial charge in [0.15, 0.2) is 29.6 Å². The van der Waals surface area contributed by atoms with Gasteiger partial charge in [-0.15, -0.1) is 0 Å². The van der Waals surface area contributed by atoms with E-state index in [1.807, 2.05) is 0 Å². The summed E-state index contributed by atoms with van der Waals surface area (Å²) in [6.45, 7) is 3.29. The highest BCUT2D eigenvalue weighted by molar-refractivity contribution is 6.32. The number of amides is 3. The molecule has 0 saturated carbocycles. The number of nitrogens with zero attached hydrogens (tertiary/aromatic N) is 2. The molecule has 1 atom stereocenters. The number of rotatable bonds is 13. The molecule has 244 valence electrons. The quantitative estimate of drug-likeness (QED) is 0.135. The normalized spacial score (nSPS) is 14.0. The zero-order valence-electron chi connectivity index (χ0n) is 26.0. The highest BCUT2D eigenvalue weighted by Gasteiger charge is 2.32. The van der Waals surface area contributed by atoms with Crippen LogP contribution in [0, 0.1) is 11.3 Å². The van der Waals surface area contributed by atoms with Crippen molar-refractivity contribution in [1.82, 2.24) is 16.1 Å². The fourth-order valence-electron chi connectivity index (χ4n) is 4.55. The highest BCUT2D eigenvalue weighted by Crippen LogP contribution is 2.37. The monoisotopic (exact) mass is 661 g/mol. The molecule has 0 spiro atoms. The summed E-state index contributed by atoms with van der Waals surface area (Å²) in [6.07, 6.45) is 1.38. The van der Waals surface area contributed by atoms with Gasteiger partial charge in [-0.25, -0.2) is 15.0 Å². The molecule has 13 nitrogen and oxygen atoms in total. The number of hydrogen-bond donors (Lipinski definition) is 3. The third kappa shape index (κ3) is 8.71. The maximum atomic E-state index is 12.6. The standard InChI is InChI=1S/C33H32ClN5O8/c1-5-45-32(41)29-19(2)37-33(42)38-30(29)23-10-11-25(26(14-23)43-3)46-18-28(40)39-36-16-22-12-24(34)31(27(13-22)44-4)47-17-21-8-6-20(15-35)7-9-21/h6-14,16,30H,5,17-18H2,1-4H3,(H,39,40)(H2,37,38,42)/b36-16+/t30-/m0/s1. The van der Waals surface area contributed by atoms with Gasteiger partial charge in [0.2, 0.25) is 0 Å². The SMILES string of the molecule is CCOC(=O)C1=C(C)NC(=O)N[C@H]1c1ccc(OCC(=O)N/N=C/c2cc(Cl)c(OCc3ccc(C#N)cc3)c(OC)c2)c(OC)c1. The minimum Gasteiger partial charge on any atom is -0.493 e. The first-order valence-corrected chi connectivity index (χ1v) is 14.6. The molecule has 3 aromatic carbocycles. The van der Waals surface area contributed by atoms with Crippen LogP contribution in [-0.4, -0.2) is 51.6 Å². The van der Waals surface area contributed by atoms with Crippen LogP contribution in [0.25, 0.3) is 0 Å². The summed E-state index contributed by atoms with van der Waals surface area (Å²) in [5.74, 6) is 0.101. The second-order valence-corrected chi connectivity index (χ2v) is 10.3. The summed E-state index contributed by atoms with van der Waals surface area (Å²) in [4.78, 5) is 37.3. The zero-order chi connectivity index (χ0) is 33.9. The van der Waals surface area contributed by atoms with Crippen LogP contribution in [0.3, 0.4) is 0 Å². The largest absolute Gasteiger partial charge is 0.493 e. The van der Waals surface area contributed by atoms with Crippen LogP contribution in [0.5, 0.6) is 23.0 Å². The molecule has 47 heavy (non-hydrogen) atoms. The van der Waals surface area contributed by atoms with Gasteiger partial charge in [-0.3, -0.25) is 4.79 Å². The second kappa shape index (κ2) is 16.0. The Hall–Kier alpha value is -5.74. The molecule has 0 unspecified atom stereocenters. The van der Waals surface area contributed by atoms with Crippen LogP contribution in [0.1, 0.15) is 42.1 Å². The van der Waals surface area contributed by atoms with Crippen molar-refractivity contribution in [3.05, 3.63) is 93.1 Å². The number of halogens is 1. The Morgan fingerprint density at radius 3 is 2.47 bits per heavy atom. The zero-order valence-corrected chi connectivity index (χ0v) is 26.8. The lowest BCUT2D eigenvalue weighted by Crippen LogP contribution is -2.45. The molecule has 1 heterocycles. The highest BCUT2D eigenvalue weighted by atomic mass is 35.5. The Bertz CT molecular complexity index is 1750. The molecule has 14 heteroatoms. The fraction of sp³-hybridized carbons (Fsp3) is 0.242. The predicted molar refractivity (Wildman–Crippen MR) is 171 cm³/mol. The van der Waals surface area contributed by atoms with Gasteiger partial charge in [0.1, 0.15) is 6.61 Å². The van der Waals surface area contributed by atoms with Crippen LogP contribution < -0.4 is 35.0 Å². The Morgan fingerprint density at radius 1 is 1.04 bits per heavy atom. The third-order valence-corrected chi connectivity index (χ3v) is 7.05. The molecule has 3 N–H and O–H groups in total. The Labute approximate surface area is 276 Å². The molecule has 0 radical (unpaired) electrons. The number of carbonyl (C=O) groups excluding carboxylic acids is 3. The molecule has 0 fully saturated rings. The Balaban J connectivity index is 1.37. The number of ether oxygens (including phenoxy) is 5. The number of urea groups is 1. The first-order chi connectivity index (χ1) is 22.7. The van der Waals surface area contributed by atoms with E-state index in [4.69, 9.17) is 40.5 Å². The molecule has 3 amide bonds. The van der Waals surface area contributed by atoms with Crippen molar-refractivity contribution in [2.24, 2.45) is 5.10 Å². The summed E-state index contributed by atoms with van der Waals surface area (Å²) < 4.78 is 27.6. The molecule has 1 aliphatic rings. The number of nitrogens with one attached hydrogen (secondary N) is 3. The number of hydrazone groups is 1. The van der Waals surface area contributed by atoms with Gasteiger partial charge in [-0.05, 0) is 66.9 Å². The van der Waals surface area contributed by atoms with Gasteiger partial charge in [-0.2, -0.15) is 10.4 Å². The molecular weight excluding hydrogens is 630 g/mol. The number of benzene rings is 3. The molecule has 0 aromatic heterocycles. The number of esters is 1. The van der Waals surface area contributed by atoms with E-state index >= 15 is 0 Å². The summed E-state index contributed by atoms with van der Waals surface area (Å²) in [5, 5.41) is 18.5. The smallest absolute Gasteiger partial charge is 0.338 e. The molecule has 0 aliphatic carbocycles. The van der Waals surface area contributed by atoms with Crippen LogP contribution in [-0.2, 0) is 20.9 Å². The van der Waals surface area contributed by atoms with Gasteiger partial charge in [0.25, 0.3) is 5.91 Å². The molecular formula is C33H32ClN5O8. The predicted octanol–water partition coefficient (Wildman–Crippen LogP) is 4.53. The number of methoxy groups -OCH3 is 2. The van der Waals surface area contributed by atoms with Crippen molar-refractivity contribution < 1.29 is 38.1 Å². The van der Waals surface area contributed by atoms with E-state index in [9.17, 15) is 14.4 Å². The molecule has 1 aliphatic heterocycles. The van der Waals surface area contributed by atoms with Crippen molar-refractivity contribution in [1.29, 1.82) is 5.26 Å². The van der Waals surface area contributed by atoms with Crippen molar-refractivity contribution in [2.45, 2.75) is 26.5 Å². The van der Waals surface area contributed by atoms with Crippen molar-refractivity contribution in [3.63, 3.8) is 0 Å². The minimum atomic E-state index is -0.793. The number of hydrogen-bond acceptors (Lipinski definition) is 10. The fourth-order valence-corrected chi connectivity index (χ4v) is 4.82. The van der Waals surface area contributed by atoms with E-state index in [0.717, 1.165) is 5.56 Å². The van der Waals surface area contributed by atoms with E-state index < -0.39 is 30.6 Å². The van der Waals surface area contributed by atoms with E-state index in [0.29, 0.717) is 33.9 Å². The van der Waals surface area contributed by atoms with Crippen LogP contribution in [0.4, 0.5) is 4.79 Å². The maximum absolute atomic E-state index is 12.6. The van der Waals surface area contributed by atoms with E-state index in [-0.39, 0.29) is 35.3 Å². The van der Waals surface area contributed by atoms with Gasteiger partial charge < -0.3 is 34.3 Å². The van der Waals surface area contributed by atoms with Gasteiger partial charge in [-0.1, -0.05) is 29.8 Å². The third-order valence-electron chi connectivity index (χ3n) is 6.77. The van der Waals surface area contributed by atoms with Crippen LogP contribution in [0.2, 0.25) is 5.02 Å². The van der Waals surface area contributed by atoms with Crippen molar-refractivity contribution in [2.75, 3.05) is 27.4 Å². The minimum absolute atomic E-state index is 0.170. The lowest BCUT2D eigenvalue weighted by atomic mass is 9.95. The Kier molecular flexibility index (Phi) is 11.6. The van der Waals surface area contributed by atoms with Gasteiger partial charge in [0.05, 0.1) is 55.3 Å². The van der Waals surface area contributed by atoms with Gasteiger partial charge >= 0.3 is 12.0 Å². The molecule has 0 bridgehead atoms. The average molecular weight is 662 g/mol. The van der Waals surface area contributed by atoms with Gasteiger partial charge in [0, 0.05) is 5.70 Å². The summed E-state index contributed by atoms with van der Waals surface area (Å²) in [6, 6.07) is 15.8. The lowest BCUT2D eigenvalue weighted by molar-refractivity contribution is -0.139. The average Bonchev–Trinajstić information content (AvgIpc) is 3.06. The first kappa shape index (κ1) is 34.1. The number of allylic oxidation sites excluding steroid dienone is 1. The van der Waals surface area contributed by atoms with Crippen LogP contribution >= 0.6 is 11.6 Å². The van der Waals surface area contributed by atoms with Crippen LogP contribution in [0.15, 0.2) is 71.0 Å². The number of nitriles is 1. The molecule has 4 rings (SSSR count). The first-order valence-electron chi connectivity index (χ1n) is 14.2.